The first-order chi connectivity index (χ1) is 8.13. The van der Waals surface area contributed by atoms with Crippen LogP contribution in [0.5, 0.6) is 0 Å². The summed E-state index contributed by atoms with van der Waals surface area (Å²) in [4.78, 5) is 11.7. The summed E-state index contributed by atoms with van der Waals surface area (Å²) < 4.78 is 1.92. The van der Waals surface area contributed by atoms with Crippen LogP contribution in [0.4, 0.5) is 5.69 Å². The highest BCUT2D eigenvalue weighted by Gasteiger charge is 2.04. The summed E-state index contributed by atoms with van der Waals surface area (Å²) in [6, 6.07) is 9.00. The quantitative estimate of drug-likeness (QED) is 0.891. The minimum Gasteiger partial charge on any atom is -0.357 e. The molecule has 88 valence electrons. The molecule has 1 aromatic carbocycles. The van der Waals surface area contributed by atoms with Gasteiger partial charge in [-0.3, -0.25) is 4.79 Å². The number of aryl methyl sites for hydroxylation is 1. The number of rotatable bonds is 3. The highest BCUT2D eigenvalue weighted by molar-refractivity contribution is 6.30. The van der Waals surface area contributed by atoms with Crippen LogP contribution in [0.25, 0.3) is 0 Å². The molecule has 1 heterocycles. The third kappa shape index (κ3) is 3.36. The smallest absolute Gasteiger partial charge is 0.228 e. The Kier molecular flexibility index (Phi) is 3.49. The molecule has 4 heteroatoms. The van der Waals surface area contributed by atoms with E-state index in [9.17, 15) is 4.79 Å². The van der Waals surface area contributed by atoms with E-state index in [1.165, 1.54) is 0 Å². The molecule has 0 fully saturated rings. The average molecular weight is 249 g/mol. The first-order valence-electron chi connectivity index (χ1n) is 5.30. The van der Waals surface area contributed by atoms with Crippen molar-refractivity contribution in [3.8, 4) is 0 Å². The van der Waals surface area contributed by atoms with Gasteiger partial charge in [0.2, 0.25) is 5.91 Å². The molecule has 0 aliphatic rings. The third-order valence-electron chi connectivity index (χ3n) is 2.39. The van der Waals surface area contributed by atoms with Crippen molar-refractivity contribution in [1.82, 2.24) is 4.57 Å². The van der Waals surface area contributed by atoms with Crippen molar-refractivity contribution >= 4 is 23.2 Å². The van der Waals surface area contributed by atoms with Crippen molar-refractivity contribution in [1.29, 1.82) is 0 Å². The van der Waals surface area contributed by atoms with Gasteiger partial charge in [-0.05, 0) is 35.9 Å². The fourth-order valence-electron chi connectivity index (χ4n) is 1.59. The van der Waals surface area contributed by atoms with Crippen molar-refractivity contribution in [3.05, 3.63) is 53.3 Å². The molecule has 0 atom stereocenters. The third-order valence-corrected chi connectivity index (χ3v) is 2.64. The minimum absolute atomic E-state index is 0.0291. The molecule has 0 aliphatic carbocycles. The van der Waals surface area contributed by atoms with Crippen LogP contribution in [0.1, 0.15) is 5.56 Å². The maximum Gasteiger partial charge on any atom is 0.228 e. The average Bonchev–Trinajstić information content (AvgIpc) is 2.67. The number of amides is 1. The molecule has 0 aliphatic heterocycles. The fraction of sp³-hybridized carbons (Fsp3) is 0.154. The van der Waals surface area contributed by atoms with Crippen molar-refractivity contribution in [3.63, 3.8) is 0 Å². The fourth-order valence-corrected chi connectivity index (χ4v) is 1.72. The highest BCUT2D eigenvalue weighted by Crippen LogP contribution is 2.13. The lowest BCUT2D eigenvalue weighted by molar-refractivity contribution is -0.115. The Morgan fingerprint density at radius 1 is 1.29 bits per heavy atom. The van der Waals surface area contributed by atoms with Gasteiger partial charge < -0.3 is 9.88 Å². The van der Waals surface area contributed by atoms with E-state index in [4.69, 9.17) is 11.6 Å². The summed E-state index contributed by atoms with van der Waals surface area (Å²) in [7, 11) is 1.93. The summed E-state index contributed by atoms with van der Waals surface area (Å²) in [5.74, 6) is -0.0291. The number of nitrogens with zero attached hydrogens (tertiary/aromatic N) is 1. The van der Waals surface area contributed by atoms with E-state index in [-0.39, 0.29) is 5.91 Å². The summed E-state index contributed by atoms with van der Waals surface area (Å²) in [6.45, 7) is 0. The van der Waals surface area contributed by atoms with Crippen LogP contribution in [-0.4, -0.2) is 10.5 Å². The number of nitrogens with one attached hydrogen (secondary N) is 1. The number of hydrogen-bond acceptors (Lipinski definition) is 1. The summed E-state index contributed by atoms with van der Waals surface area (Å²) >= 11 is 5.77. The van der Waals surface area contributed by atoms with E-state index in [1.54, 1.807) is 24.3 Å². The molecular weight excluding hydrogens is 236 g/mol. The zero-order chi connectivity index (χ0) is 12.3. The molecule has 2 rings (SSSR count). The van der Waals surface area contributed by atoms with Crippen LogP contribution >= 0.6 is 11.6 Å². The number of benzene rings is 1. The first-order valence-corrected chi connectivity index (χ1v) is 5.67. The lowest BCUT2D eigenvalue weighted by atomic mass is 10.2. The van der Waals surface area contributed by atoms with E-state index < -0.39 is 0 Å². The monoisotopic (exact) mass is 248 g/mol. The van der Waals surface area contributed by atoms with E-state index >= 15 is 0 Å². The Morgan fingerprint density at radius 3 is 2.59 bits per heavy atom. The minimum atomic E-state index is -0.0291. The summed E-state index contributed by atoms with van der Waals surface area (Å²) in [6.07, 6.45) is 4.23. The Hall–Kier alpha value is -1.74. The van der Waals surface area contributed by atoms with Gasteiger partial charge in [0, 0.05) is 30.2 Å². The molecule has 0 radical (unpaired) electrons. The number of anilines is 1. The van der Waals surface area contributed by atoms with Gasteiger partial charge in [0.1, 0.15) is 0 Å². The van der Waals surface area contributed by atoms with E-state index in [0.717, 1.165) is 11.3 Å². The number of hydrogen-bond donors (Lipinski definition) is 1. The zero-order valence-electron chi connectivity index (χ0n) is 9.48. The van der Waals surface area contributed by atoms with Crippen LogP contribution < -0.4 is 5.32 Å². The molecule has 0 spiro atoms. The van der Waals surface area contributed by atoms with Gasteiger partial charge in [-0.1, -0.05) is 11.6 Å². The van der Waals surface area contributed by atoms with Crippen molar-refractivity contribution < 1.29 is 4.79 Å². The van der Waals surface area contributed by atoms with Crippen LogP contribution in [0.3, 0.4) is 0 Å². The van der Waals surface area contributed by atoms with Crippen molar-refractivity contribution in [2.75, 3.05) is 5.32 Å². The second kappa shape index (κ2) is 5.06. The second-order valence-corrected chi connectivity index (χ2v) is 4.35. The highest BCUT2D eigenvalue weighted by atomic mass is 35.5. The molecule has 0 unspecified atom stereocenters. The number of carbonyl (C=O) groups is 1. The maximum atomic E-state index is 11.7. The molecule has 0 bridgehead atoms. The van der Waals surface area contributed by atoms with E-state index in [1.807, 2.05) is 30.1 Å². The summed E-state index contributed by atoms with van der Waals surface area (Å²) in [5.41, 5.74) is 1.76. The van der Waals surface area contributed by atoms with Gasteiger partial charge in [-0.25, -0.2) is 0 Å². The molecule has 1 amide bonds. The van der Waals surface area contributed by atoms with E-state index in [2.05, 4.69) is 5.32 Å². The SMILES string of the molecule is Cn1ccc(CC(=O)Nc2ccc(Cl)cc2)c1. The standard InChI is InChI=1S/C13H13ClN2O/c1-16-7-6-10(9-16)8-13(17)15-12-4-2-11(14)3-5-12/h2-7,9H,8H2,1H3,(H,15,17). The Balaban J connectivity index is 1.95. The Morgan fingerprint density at radius 2 is 2.00 bits per heavy atom. The number of aromatic nitrogens is 1. The molecule has 17 heavy (non-hydrogen) atoms. The van der Waals surface area contributed by atoms with Gasteiger partial charge >= 0.3 is 0 Å². The predicted molar refractivity (Wildman–Crippen MR) is 69.2 cm³/mol. The largest absolute Gasteiger partial charge is 0.357 e. The van der Waals surface area contributed by atoms with Crippen molar-refractivity contribution in [2.24, 2.45) is 7.05 Å². The summed E-state index contributed by atoms with van der Waals surface area (Å²) in [5, 5.41) is 3.48. The predicted octanol–water partition coefficient (Wildman–Crippen LogP) is 2.86. The lowest BCUT2D eigenvalue weighted by Gasteiger charge is -2.04. The topological polar surface area (TPSA) is 34.0 Å². The van der Waals surface area contributed by atoms with Gasteiger partial charge in [0.05, 0.1) is 6.42 Å². The van der Waals surface area contributed by atoms with Gasteiger partial charge in [-0.2, -0.15) is 0 Å². The molecule has 1 aromatic heterocycles. The van der Waals surface area contributed by atoms with Gasteiger partial charge in [0.25, 0.3) is 0 Å². The van der Waals surface area contributed by atoms with Crippen LogP contribution in [0, 0.1) is 0 Å². The molecule has 2 aromatic rings. The zero-order valence-corrected chi connectivity index (χ0v) is 10.2. The molecular formula is C13H13ClN2O. The lowest BCUT2D eigenvalue weighted by Crippen LogP contribution is -2.13. The van der Waals surface area contributed by atoms with Gasteiger partial charge in [0.15, 0.2) is 0 Å². The van der Waals surface area contributed by atoms with Crippen LogP contribution in [-0.2, 0) is 18.3 Å². The van der Waals surface area contributed by atoms with Crippen LogP contribution in [0.15, 0.2) is 42.7 Å². The molecule has 0 saturated carbocycles. The number of halogens is 1. The molecule has 0 saturated heterocycles. The first kappa shape index (κ1) is 11.7. The van der Waals surface area contributed by atoms with E-state index in [0.29, 0.717) is 11.4 Å². The van der Waals surface area contributed by atoms with Crippen LogP contribution in [0.2, 0.25) is 5.02 Å². The van der Waals surface area contributed by atoms with Crippen molar-refractivity contribution in [2.45, 2.75) is 6.42 Å². The Bertz CT molecular complexity index is 516. The second-order valence-electron chi connectivity index (χ2n) is 3.92. The molecule has 1 N–H and O–H groups in total. The number of carbonyl (C=O) groups excluding carboxylic acids is 1. The molecule has 3 nitrogen and oxygen atoms in total. The Labute approximate surface area is 105 Å². The normalized spacial score (nSPS) is 10.2. The maximum absolute atomic E-state index is 11.7. The van der Waals surface area contributed by atoms with Gasteiger partial charge in [-0.15, -0.1) is 0 Å².